The summed E-state index contributed by atoms with van der Waals surface area (Å²) in [6.45, 7) is 7.83. The van der Waals surface area contributed by atoms with Gasteiger partial charge in [0.1, 0.15) is 6.54 Å². The molecule has 5 heteroatoms. The van der Waals surface area contributed by atoms with Crippen molar-refractivity contribution in [1.82, 2.24) is 14.8 Å². The molecule has 0 saturated heterocycles. The summed E-state index contributed by atoms with van der Waals surface area (Å²) in [5.74, 6) is -0.171. The monoisotopic (exact) mass is 327 g/mol. The Morgan fingerprint density at radius 3 is 2.33 bits per heavy atom. The van der Waals surface area contributed by atoms with E-state index in [0.717, 1.165) is 25.2 Å². The van der Waals surface area contributed by atoms with Gasteiger partial charge < -0.3 is 9.88 Å². The Labute approximate surface area is 142 Å². The molecule has 0 fully saturated rings. The standard InChI is InChI=1S/C19H25N3O2/c1-3-21(4-2)14-17-10-8-16(9-11-17)13-20-18(23)15-22-12-6-5-7-19(22)24/h5-12H,3-4,13-15H2,1-2H3,(H,20,23). The maximum Gasteiger partial charge on any atom is 0.250 e. The summed E-state index contributed by atoms with van der Waals surface area (Å²) < 4.78 is 1.39. The zero-order valence-electron chi connectivity index (χ0n) is 14.4. The van der Waals surface area contributed by atoms with Crippen LogP contribution in [0.15, 0.2) is 53.5 Å². The average Bonchev–Trinajstić information content (AvgIpc) is 2.61. The second kappa shape index (κ2) is 9.03. The predicted octanol–water partition coefficient (Wildman–Crippen LogP) is 2.01. The van der Waals surface area contributed by atoms with Crippen molar-refractivity contribution in [2.24, 2.45) is 0 Å². The van der Waals surface area contributed by atoms with E-state index < -0.39 is 0 Å². The molecule has 2 aromatic rings. The lowest BCUT2D eigenvalue weighted by molar-refractivity contribution is -0.121. The number of pyridine rings is 1. The second-order valence-corrected chi connectivity index (χ2v) is 5.72. The number of rotatable bonds is 8. The molecule has 128 valence electrons. The third-order valence-electron chi connectivity index (χ3n) is 4.03. The maximum absolute atomic E-state index is 12.0. The smallest absolute Gasteiger partial charge is 0.250 e. The average molecular weight is 327 g/mol. The van der Waals surface area contributed by atoms with Crippen molar-refractivity contribution in [1.29, 1.82) is 0 Å². The first kappa shape index (κ1) is 17.9. The lowest BCUT2D eigenvalue weighted by atomic mass is 10.1. The van der Waals surface area contributed by atoms with Crippen LogP contribution in [0.1, 0.15) is 25.0 Å². The molecule has 5 nitrogen and oxygen atoms in total. The summed E-state index contributed by atoms with van der Waals surface area (Å²) in [6, 6.07) is 13.1. The first-order valence-electron chi connectivity index (χ1n) is 8.34. The number of carbonyl (C=O) groups excluding carboxylic acids is 1. The zero-order valence-corrected chi connectivity index (χ0v) is 14.4. The predicted molar refractivity (Wildman–Crippen MR) is 95.6 cm³/mol. The molecule has 2 rings (SSSR count). The van der Waals surface area contributed by atoms with E-state index in [0.29, 0.717) is 6.54 Å². The number of nitrogens with zero attached hydrogens (tertiary/aromatic N) is 2. The zero-order chi connectivity index (χ0) is 17.4. The highest BCUT2D eigenvalue weighted by Crippen LogP contribution is 2.07. The fraction of sp³-hybridized carbons (Fsp3) is 0.368. The van der Waals surface area contributed by atoms with Gasteiger partial charge in [-0.25, -0.2) is 0 Å². The van der Waals surface area contributed by atoms with Gasteiger partial charge in [-0.15, -0.1) is 0 Å². The lowest BCUT2D eigenvalue weighted by Crippen LogP contribution is -2.31. The fourth-order valence-electron chi connectivity index (χ4n) is 2.47. The van der Waals surface area contributed by atoms with Gasteiger partial charge in [-0.05, 0) is 30.3 Å². The Bertz CT molecular complexity index is 703. The van der Waals surface area contributed by atoms with Crippen molar-refractivity contribution in [2.75, 3.05) is 13.1 Å². The van der Waals surface area contributed by atoms with Gasteiger partial charge in [-0.2, -0.15) is 0 Å². The van der Waals surface area contributed by atoms with Crippen LogP contribution in [0.4, 0.5) is 0 Å². The van der Waals surface area contributed by atoms with E-state index in [2.05, 4.69) is 36.2 Å². The molecule has 1 N–H and O–H groups in total. The topological polar surface area (TPSA) is 54.3 Å². The first-order chi connectivity index (χ1) is 11.6. The molecule has 24 heavy (non-hydrogen) atoms. The van der Waals surface area contributed by atoms with Crippen molar-refractivity contribution < 1.29 is 4.79 Å². The first-order valence-corrected chi connectivity index (χ1v) is 8.34. The highest BCUT2D eigenvalue weighted by atomic mass is 16.2. The minimum atomic E-state index is -0.173. The highest BCUT2D eigenvalue weighted by Gasteiger charge is 2.05. The number of nitrogens with one attached hydrogen (secondary N) is 1. The molecular formula is C19H25N3O2. The van der Waals surface area contributed by atoms with Gasteiger partial charge in [-0.1, -0.05) is 44.2 Å². The van der Waals surface area contributed by atoms with E-state index in [9.17, 15) is 9.59 Å². The molecule has 1 aromatic carbocycles. The normalized spacial score (nSPS) is 10.8. The summed E-state index contributed by atoms with van der Waals surface area (Å²) in [5.41, 5.74) is 2.14. The molecule has 1 amide bonds. The van der Waals surface area contributed by atoms with Crippen molar-refractivity contribution >= 4 is 5.91 Å². The molecule has 0 atom stereocenters. The summed E-state index contributed by atoms with van der Waals surface area (Å²) in [6.07, 6.45) is 1.62. The van der Waals surface area contributed by atoms with Crippen LogP contribution in [0, 0.1) is 0 Å². The SMILES string of the molecule is CCN(CC)Cc1ccc(CNC(=O)Cn2ccccc2=O)cc1. The van der Waals surface area contributed by atoms with Gasteiger partial charge >= 0.3 is 0 Å². The minimum absolute atomic E-state index is 0.0414. The number of amides is 1. The molecule has 0 bridgehead atoms. The van der Waals surface area contributed by atoms with E-state index in [1.165, 1.54) is 16.2 Å². The van der Waals surface area contributed by atoms with E-state index in [1.807, 2.05) is 12.1 Å². The Morgan fingerprint density at radius 1 is 1.04 bits per heavy atom. The Kier molecular flexibility index (Phi) is 6.75. The summed E-state index contributed by atoms with van der Waals surface area (Å²) in [7, 11) is 0. The van der Waals surface area contributed by atoms with Crippen molar-refractivity contribution in [3.63, 3.8) is 0 Å². The third kappa shape index (κ3) is 5.35. The molecule has 0 saturated carbocycles. The Balaban J connectivity index is 1.84. The number of carbonyl (C=O) groups is 1. The van der Waals surface area contributed by atoms with Crippen LogP contribution in [0.25, 0.3) is 0 Å². The Hall–Kier alpha value is -2.40. The van der Waals surface area contributed by atoms with E-state index in [4.69, 9.17) is 0 Å². The largest absolute Gasteiger partial charge is 0.350 e. The molecular weight excluding hydrogens is 302 g/mol. The minimum Gasteiger partial charge on any atom is -0.350 e. The van der Waals surface area contributed by atoms with Crippen LogP contribution < -0.4 is 10.9 Å². The van der Waals surface area contributed by atoms with Gasteiger partial charge in [0.05, 0.1) is 0 Å². The fourth-order valence-corrected chi connectivity index (χ4v) is 2.47. The molecule has 0 spiro atoms. The van der Waals surface area contributed by atoms with Crippen LogP contribution in [-0.2, 0) is 24.4 Å². The van der Waals surface area contributed by atoms with Crippen molar-refractivity contribution in [3.8, 4) is 0 Å². The Morgan fingerprint density at radius 2 is 1.71 bits per heavy atom. The molecule has 0 radical (unpaired) electrons. The molecule has 0 aliphatic rings. The van der Waals surface area contributed by atoms with Gasteiger partial charge in [0, 0.05) is 25.4 Å². The highest BCUT2D eigenvalue weighted by molar-refractivity contribution is 5.75. The molecule has 1 aromatic heterocycles. The van der Waals surface area contributed by atoms with Crippen molar-refractivity contribution in [3.05, 3.63) is 70.1 Å². The third-order valence-corrected chi connectivity index (χ3v) is 4.03. The van der Waals surface area contributed by atoms with E-state index in [-0.39, 0.29) is 18.0 Å². The molecule has 0 aliphatic carbocycles. The lowest BCUT2D eigenvalue weighted by Gasteiger charge is -2.18. The van der Waals surface area contributed by atoms with Crippen LogP contribution in [0.3, 0.4) is 0 Å². The summed E-state index contributed by atoms with van der Waals surface area (Å²) in [5, 5.41) is 2.85. The van der Waals surface area contributed by atoms with Gasteiger partial charge in [-0.3, -0.25) is 14.5 Å². The van der Waals surface area contributed by atoms with Gasteiger partial charge in [0.15, 0.2) is 0 Å². The summed E-state index contributed by atoms with van der Waals surface area (Å²) in [4.78, 5) is 25.9. The van der Waals surface area contributed by atoms with Crippen LogP contribution in [0.2, 0.25) is 0 Å². The van der Waals surface area contributed by atoms with Crippen molar-refractivity contribution in [2.45, 2.75) is 33.5 Å². The quantitative estimate of drug-likeness (QED) is 0.807. The second-order valence-electron chi connectivity index (χ2n) is 5.72. The number of hydrogen-bond donors (Lipinski definition) is 1. The molecule has 1 heterocycles. The molecule has 0 unspecified atom stereocenters. The number of hydrogen-bond acceptors (Lipinski definition) is 3. The van der Waals surface area contributed by atoms with E-state index in [1.54, 1.807) is 18.3 Å². The van der Waals surface area contributed by atoms with Gasteiger partial charge in [0.25, 0.3) is 5.56 Å². The number of aromatic nitrogens is 1. The molecule has 0 aliphatic heterocycles. The summed E-state index contributed by atoms with van der Waals surface area (Å²) >= 11 is 0. The van der Waals surface area contributed by atoms with Gasteiger partial charge in [0.2, 0.25) is 5.91 Å². The van der Waals surface area contributed by atoms with Crippen LogP contribution >= 0.6 is 0 Å². The number of benzene rings is 1. The van der Waals surface area contributed by atoms with Crippen LogP contribution in [-0.4, -0.2) is 28.5 Å². The van der Waals surface area contributed by atoms with E-state index >= 15 is 0 Å². The van der Waals surface area contributed by atoms with Crippen LogP contribution in [0.5, 0.6) is 0 Å². The maximum atomic E-state index is 12.0.